The molecule has 2 aromatic rings. The molecule has 0 radical (unpaired) electrons. The van der Waals surface area contributed by atoms with Gasteiger partial charge in [0.25, 0.3) is 0 Å². The van der Waals surface area contributed by atoms with Gasteiger partial charge in [-0.05, 0) is 49.9 Å². The van der Waals surface area contributed by atoms with E-state index in [1.165, 1.54) is 55.4 Å². The van der Waals surface area contributed by atoms with Crippen molar-refractivity contribution < 1.29 is 0 Å². The van der Waals surface area contributed by atoms with Crippen molar-refractivity contribution in [2.24, 2.45) is 5.92 Å². The highest BCUT2D eigenvalue weighted by Crippen LogP contribution is 2.24. The van der Waals surface area contributed by atoms with Crippen molar-refractivity contribution in [1.82, 2.24) is 15.2 Å². The van der Waals surface area contributed by atoms with Crippen LogP contribution < -0.4 is 5.32 Å². The van der Waals surface area contributed by atoms with Gasteiger partial charge in [-0.3, -0.25) is 9.88 Å². The van der Waals surface area contributed by atoms with Crippen LogP contribution in [0.2, 0.25) is 0 Å². The van der Waals surface area contributed by atoms with Gasteiger partial charge in [-0.15, -0.1) is 0 Å². The molecule has 1 aliphatic carbocycles. The summed E-state index contributed by atoms with van der Waals surface area (Å²) in [6.45, 7) is 4.69. The lowest BCUT2D eigenvalue weighted by Crippen LogP contribution is -2.27. The third-order valence-electron chi connectivity index (χ3n) is 4.75. The van der Waals surface area contributed by atoms with Gasteiger partial charge < -0.3 is 5.32 Å². The number of nitrogens with zero attached hydrogens (tertiary/aromatic N) is 2. The highest BCUT2D eigenvalue weighted by atomic mass is 15.2. The molecule has 2 aliphatic rings. The van der Waals surface area contributed by atoms with Gasteiger partial charge in [0.05, 0.1) is 5.52 Å². The molecule has 0 amide bonds. The highest BCUT2D eigenvalue weighted by Gasteiger charge is 2.26. The largest absolute Gasteiger partial charge is 0.314 e. The summed E-state index contributed by atoms with van der Waals surface area (Å²) in [5.74, 6) is 0.827. The van der Waals surface area contributed by atoms with Gasteiger partial charge >= 0.3 is 0 Å². The summed E-state index contributed by atoms with van der Waals surface area (Å²) in [6, 6.07) is 11.5. The number of hydrogen-bond donors (Lipinski definition) is 1. The van der Waals surface area contributed by atoms with E-state index >= 15 is 0 Å². The minimum absolute atomic E-state index is 0.827. The molecule has 2 heterocycles. The molecule has 0 bridgehead atoms. The van der Waals surface area contributed by atoms with Crippen LogP contribution in [0.25, 0.3) is 10.9 Å². The molecule has 1 unspecified atom stereocenters. The number of aromatic nitrogens is 1. The van der Waals surface area contributed by atoms with Gasteiger partial charge in [-0.2, -0.15) is 0 Å². The van der Waals surface area contributed by atoms with Crippen LogP contribution in [-0.2, 0) is 6.54 Å². The lowest BCUT2D eigenvalue weighted by atomic mass is 10.1. The lowest BCUT2D eigenvalue weighted by Gasteiger charge is -2.17. The van der Waals surface area contributed by atoms with Crippen molar-refractivity contribution in [1.29, 1.82) is 0 Å². The number of rotatable bonds is 5. The Morgan fingerprint density at radius 2 is 2.05 bits per heavy atom. The number of likely N-dealkylation sites (tertiary alicyclic amines) is 1. The van der Waals surface area contributed by atoms with E-state index in [9.17, 15) is 0 Å². The average Bonchev–Trinajstić information content (AvgIpc) is 3.25. The zero-order valence-corrected chi connectivity index (χ0v) is 12.5. The first-order chi connectivity index (χ1) is 10.4. The van der Waals surface area contributed by atoms with Gasteiger partial charge in [0.1, 0.15) is 0 Å². The Balaban J connectivity index is 1.41. The molecule has 2 fully saturated rings. The average molecular weight is 281 g/mol. The van der Waals surface area contributed by atoms with E-state index in [2.05, 4.69) is 39.5 Å². The van der Waals surface area contributed by atoms with Crippen molar-refractivity contribution >= 4 is 10.9 Å². The molecule has 1 aliphatic heterocycles. The molecule has 0 spiro atoms. The maximum atomic E-state index is 4.57. The number of benzene rings is 1. The second-order valence-corrected chi connectivity index (χ2v) is 6.56. The Morgan fingerprint density at radius 3 is 2.95 bits per heavy atom. The van der Waals surface area contributed by atoms with Crippen LogP contribution >= 0.6 is 0 Å². The van der Waals surface area contributed by atoms with Crippen molar-refractivity contribution in [3.8, 4) is 0 Å². The molecular weight excluding hydrogens is 258 g/mol. The molecule has 4 rings (SSSR count). The lowest BCUT2D eigenvalue weighted by molar-refractivity contribution is 0.315. The molecule has 3 nitrogen and oxygen atoms in total. The maximum absolute atomic E-state index is 4.57. The molecule has 1 N–H and O–H groups in total. The SMILES string of the molecule is c1cnc2c(CN3CCC(CNC4CC4)C3)cccc2c1. The molecule has 1 aromatic heterocycles. The number of hydrogen-bond acceptors (Lipinski definition) is 3. The third-order valence-corrected chi connectivity index (χ3v) is 4.75. The van der Waals surface area contributed by atoms with Crippen LogP contribution in [0.4, 0.5) is 0 Å². The predicted octanol–water partition coefficient (Wildman–Crippen LogP) is 2.81. The standard InChI is InChI=1S/C18H23N3/c1-3-15-5-2-9-19-18(15)16(4-1)13-21-10-8-14(12-21)11-20-17-6-7-17/h1-5,9,14,17,20H,6-8,10-13H2. The zero-order chi connectivity index (χ0) is 14.1. The second kappa shape index (κ2) is 5.74. The van der Waals surface area contributed by atoms with Gasteiger partial charge in [0.15, 0.2) is 0 Å². The van der Waals surface area contributed by atoms with Crippen LogP contribution in [0.3, 0.4) is 0 Å². The monoisotopic (exact) mass is 281 g/mol. The van der Waals surface area contributed by atoms with Crippen LogP contribution in [0.1, 0.15) is 24.8 Å². The van der Waals surface area contributed by atoms with Gasteiger partial charge in [0.2, 0.25) is 0 Å². The van der Waals surface area contributed by atoms with Gasteiger partial charge in [-0.25, -0.2) is 0 Å². The molecule has 3 heteroatoms. The summed E-state index contributed by atoms with van der Waals surface area (Å²) in [4.78, 5) is 7.16. The summed E-state index contributed by atoms with van der Waals surface area (Å²) in [7, 11) is 0. The van der Waals surface area contributed by atoms with E-state index in [4.69, 9.17) is 0 Å². The van der Waals surface area contributed by atoms with Gasteiger partial charge in [-0.1, -0.05) is 24.3 Å². The molecule has 1 saturated carbocycles. The summed E-state index contributed by atoms with van der Waals surface area (Å²) < 4.78 is 0. The summed E-state index contributed by atoms with van der Waals surface area (Å²) >= 11 is 0. The smallest absolute Gasteiger partial charge is 0.0746 e. The van der Waals surface area contributed by atoms with Crippen LogP contribution in [0.15, 0.2) is 36.5 Å². The van der Waals surface area contributed by atoms with Crippen molar-refractivity contribution in [3.05, 3.63) is 42.1 Å². The molecule has 1 aromatic carbocycles. The number of pyridine rings is 1. The van der Waals surface area contributed by atoms with E-state index in [0.717, 1.165) is 18.5 Å². The number of para-hydroxylation sites is 1. The predicted molar refractivity (Wildman–Crippen MR) is 86.2 cm³/mol. The Labute approximate surface area is 126 Å². The Hall–Kier alpha value is -1.45. The van der Waals surface area contributed by atoms with E-state index in [0.29, 0.717) is 0 Å². The molecule has 1 saturated heterocycles. The fourth-order valence-electron chi connectivity index (χ4n) is 3.38. The van der Waals surface area contributed by atoms with E-state index in [-0.39, 0.29) is 0 Å². The van der Waals surface area contributed by atoms with E-state index < -0.39 is 0 Å². The first-order valence-corrected chi connectivity index (χ1v) is 8.17. The molecule has 110 valence electrons. The minimum atomic E-state index is 0.827. The van der Waals surface area contributed by atoms with Crippen molar-refractivity contribution in [2.75, 3.05) is 19.6 Å². The van der Waals surface area contributed by atoms with Gasteiger partial charge in [0, 0.05) is 30.7 Å². The zero-order valence-electron chi connectivity index (χ0n) is 12.5. The summed E-state index contributed by atoms with van der Waals surface area (Å²) in [6.07, 6.45) is 6.01. The number of fused-ring (bicyclic) bond motifs is 1. The fraction of sp³-hybridized carbons (Fsp3) is 0.500. The highest BCUT2D eigenvalue weighted by molar-refractivity contribution is 5.81. The quantitative estimate of drug-likeness (QED) is 0.913. The second-order valence-electron chi connectivity index (χ2n) is 6.56. The Bertz CT molecular complexity index is 615. The molecule has 21 heavy (non-hydrogen) atoms. The summed E-state index contributed by atoms with van der Waals surface area (Å²) in [5, 5.41) is 4.92. The Kier molecular flexibility index (Phi) is 3.62. The van der Waals surface area contributed by atoms with Crippen LogP contribution in [0.5, 0.6) is 0 Å². The molecular formula is C18H23N3. The van der Waals surface area contributed by atoms with Crippen LogP contribution in [-0.4, -0.2) is 35.6 Å². The third kappa shape index (κ3) is 3.09. The topological polar surface area (TPSA) is 28.2 Å². The van der Waals surface area contributed by atoms with Crippen molar-refractivity contribution in [3.63, 3.8) is 0 Å². The maximum Gasteiger partial charge on any atom is 0.0746 e. The Morgan fingerprint density at radius 1 is 1.14 bits per heavy atom. The van der Waals surface area contributed by atoms with Crippen molar-refractivity contribution in [2.45, 2.75) is 31.8 Å². The van der Waals surface area contributed by atoms with E-state index in [1.807, 2.05) is 12.3 Å². The number of nitrogens with one attached hydrogen (secondary N) is 1. The molecule has 1 atom stereocenters. The minimum Gasteiger partial charge on any atom is -0.314 e. The normalized spacial score (nSPS) is 23.0. The van der Waals surface area contributed by atoms with Crippen LogP contribution in [0, 0.1) is 5.92 Å². The first kappa shape index (κ1) is 13.2. The summed E-state index contributed by atoms with van der Waals surface area (Å²) in [5.41, 5.74) is 2.53. The van der Waals surface area contributed by atoms with E-state index in [1.54, 1.807) is 0 Å². The first-order valence-electron chi connectivity index (χ1n) is 8.17. The fourth-order valence-corrected chi connectivity index (χ4v) is 3.38.